The number of hydrogen-bond donors (Lipinski definition) is 0. The van der Waals surface area contributed by atoms with Gasteiger partial charge in [0.25, 0.3) is 0 Å². The topological polar surface area (TPSA) is 0 Å². The van der Waals surface area contributed by atoms with Crippen LogP contribution in [0.5, 0.6) is 0 Å². The fourth-order valence-electron chi connectivity index (χ4n) is 4.16. The summed E-state index contributed by atoms with van der Waals surface area (Å²) in [6, 6.07) is 0. The minimum absolute atomic E-state index is 1.19. The average Bonchev–Trinajstić information content (AvgIpc) is 2.47. The molecule has 1 aliphatic carbocycles. The van der Waals surface area contributed by atoms with Gasteiger partial charge in [0, 0.05) is 0 Å². The Morgan fingerprint density at radius 3 is 1.37 bits per heavy atom. The van der Waals surface area contributed by atoms with Crippen LogP contribution in [0.25, 0.3) is 0 Å². The molecule has 0 saturated carbocycles. The van der Waals surface area contributed by atoms with Crippen LogP contribution in [-0.2, 0) is 0 Å². The Balaban J connectivity index is 4.28. The molecule has 0 saturated heterocycles. The van der Waals surface area contributed by atoms with Crippen LogP contribution in [0.3, 0.4) is 0 Å². The van der Waals surface area contributed by atoms with Gasteiger partial charge in [0.2, 0.25) is 0 Å². The third kappa shape index (κ3) is 1.36. The van der Waals surface area contributed by atoms with Crippen molar-refractivity contribution >= 4 is 7.18 Å². The Morgan fingerprint density at radius 1 is 0.789 bits per heavy atom. The molecule has 0 aromatic rings. The molecule has 0 unspecified atom stereocenters. The summed E-state index contributed by atoms with van der Waals surface area (Å²) >= 11 is -4.57. The van der Waals surface area contributed by atoms with Gasteiger partial charge in [0.05, 0.1) is 0 Å². The first-order valence-electron chi connectivity index (χ1n) is 8.47. The van der Waals surface area contributed by atoms with Crippen molar-refractivity contribution in [1.29, 1.82) is 0 Å². The minimum atomic E-state index is -4.57. The molecule has 0 amide bonds. The van der Waals surface area contributed by atoms with Crippen LogP contribution in [0.2, 0.25) is 55.9 Å². The van der Waals surface area contributed by atoms with E-state index in [1.165, 1.54) is 6.42 Å². The van der Waals surface area contributed by atoms with Crippen LogP contribution in [0.1, 0.15) is 6.42 Å². The van der Waals surface area contributed by atoms with Crippen molar-refractivity contribution in [3.8, 4) is 0 Å². The van der Waals surface area contributed by atoms with E-state index in [1.54, 1.807) is 0 Å². The van der Waals surface area contributed by atoms with Crippen LogP contribution >= 0.6 is 0 Å². The standard InChI is InChI=1S/C5H5.2C3H9Si.5CH3.La/c1-2-4-5-3-1;2*1-4(2)3;;;;;;/h1-3H,4H2;2*1-3H3;5*1H3;. The molecule has 0 N–H and O–H groups in total. The van der Waals surface area contributed by atoms with E-state index in [-0.39, 0.29) is 0 Å². The summed E-state index contributed by atoms with van der Waals surface area (Å²) in [5.74, 6) is 0. The molecule has 0 fully saturated rings. The van der Waals surface area contributed by atoms with E-state index >= 15 is 0 Å². The van der Waals surface area contributed by atoms with E-state index < -0.39 is 25.8 Å². The van der Waals surface area contributed by atoms with Gasteiger partial charge >= 0.3 is 108 Å². The van der Waals surface area contributed by atoms with E-state index in [0.29, 0.717) is 0 Å². The summed E-state index contributed by atoms with van der Waals surface area (Å²) in [5.41, 5.74) is 0. The van der Waals surface area contributed by atoms with Crippen molar-refractivity contribution in [3.63, 3.8) is 0 Å². The van der Waals surface area contributed by atoms with Gasteiger partial charge in [-0.25, -0.2) is 0 Å². The summed E-state index contributed by atoms with van der Waals surface area (Å²) in [4.78, 5) is 0. The molecule has 0 heterocycles. The van der Waals surface area contributed by atoms with E-state index in [1.807, 2.05) is 1.98 Å². The third-order valence-electron chi connectivity index (χ3n) is 13.4. The Bertz CT molecular complexity index is 515. The van der Waals surface area contributed by atoms with E-state index in [9.17, 15) is 0 Å². The Kier molecular flexibility index (Phi) is 2.59. The van der Waals surface area contributed by atoms with Crippen molar-refractivity contribution in [1.82, 2.24) is 0 Å². The first kappa shape index (κ1) is 18.2. The molecule has 0 aliphatic heterocycles. The van der Waals surface area contributed by atoms with Gasteiger partial charge in [-0.05, 0) is 0 Å². The molecule has 3 heteroatoms. The summed E-state index contributed by atoms with van der Waals surface area (Å²) in [6.07, 6.45) is 8.39. The van der Waals surface area contributed by atoms with Crippen molar-refractivity contribution in [2.75, 3.05) is 0 Å². The van der Waals surface area contributed by atoms with Crippen molar-refractivity contribution < 1.29 is 18.6 Å². The summed E-state index contributed by atoms with van der Waals surface area (Å²) in [5, 5.41) is 0. The molecule has 0 aromatic heterocycles. The van der Waals surface area contributed by atoms with Gasteiger partial charge < -0.3 is 0 Å². The quantitative estimate of drug-likeness (QED) is 0.426. The van der Waals surface area contributed by atoms with Crippen LogP contribution in [0, 0.1) is 18.6 Å². The predicted molar refractivity (Wildman–Crippen MR) is 97.9 cm³/mol. The molecule has 113 valence electrons. The molecular formula is C16H38LaSi2. The van der Waals surface area contributed by atoms with E-state index in [2.05, 4.69) is 74.1 Å². The molecule has 19 heavy (non-hydrogen) atoms. The normalized spacial score (nSPS) is 25.9. The monoisotopic (exact) mass is 425 g/mol. The van der Waals surface area contributed by atoms with E-state index in [4.69, 9.17) is 0 Å². The first-order valence-corrected chi connectivity index (χ1v) is 46.4. The molecule has 0 aromatic carbocycles. The second-order valence-corrected chi connectivity index (χ2v) is 182. The maximum absolute atomic E-state index is 4.57. The molecule has 0 bridgehead atoms. The zero-order chi connectivity index (χ0) is 15.8. The van der Waals surface area contributed by atoms with Crippen molar-refractivity contribution in [3.05, 3.63) is 20.2 Å². The SMILES string of the molecule is C[Si](C)(C)[La]([CH3])([CH3])([CH3])([CH3])([CH3])([C]1=CC=CC1)[Si](C)(C)C. The fraction of sp³-hybridized carbons (Fsp3) is 0.750. The van der Waals surface area contributed by atoms with Crippen molar-refractivity contribution in [2.24, 2.45) is 0 Å². The number of rotatable bonds is 3. The zero-order valence-electron chi connectivity index (χ0n) is 15.5. The third-order valence-corrected chi connectivity index (χ3v) is 289. The summed E-state index contributed by atoms with van der Waals surface area (Å²) < 4.78 is 13.0. The van der Waals surface area contributed by atoms with Gasteiger partial charge in [-0.3, -0.25) is 0 Å². The van der Waals surface area contributed by atoms with Gasteiger partial charge in [0.15, 0.2) is 0 Å². The van der Waals surface area contributed by atoms with Crippen molar-refractivity contribution in [2.45, 2.75) is 62.3 Å². The molecule has 0 nitrogen and oxygen atoms in total. The molecular weight excluding hydrogens is 387 g/mol. The average molecular weight is 426 g/mol. The van der Waals surface area contributed by atoms with Crippen LogP contribution < -0.4 is 0 Å². The fourth-order valence-corrected chi connectivity index (χ4v) is 123. The van der Waals surface area contributed by atoms with Gasteiger partial charge in [-0.1, -0.05) is 0 Å². The molecule has 0 spiro atoms. The Labute approximate surface area is 107 Å². The van der Waals surface area contributed by atoms with Crippen LogP contribution in [0.4, 0.5) is 0 Å². The Morgan fingerprint density at radius 2 is 1.16 bits per heavy atom. The summed E-state index contributed by atoms with van der Waals surface area (Å²) in [6.45, 7) is 15.9. The molecule has 1 rings (SSSR count). The molecule has 0 radical (unpaired) electrons. The van der Waals surface area contributed by atoms with Crippen LogP contribution in [0.15, 0.2) is 20.2 Å². The summed E-state index contributed by atoms with van der Waals surface area (Å²) in [7, 11) is 0. The molecule has 1 aliphatic rings. The first-order chi connectivity index (χ1) is 7.64. The van der Waals surface area contributed by atoms with Gasteiger partial charge in [-0.2, -0.15) is 0 Å². The number of allylic oxidation sites excluding steroid dienone is 4. The zero-order valence-corrected chi connectivity index (χ0v) is 21.1. The van der Waals surface area contributed by atoms with Crippen LogP contribution in [-0.4, -0.2) is 7.18 Å². The Hall–Kier alpha value is 1.11. The number of hydrogen-bond acceptors (Lipinski definition) is 0. The van der Waals surface area contributed by atoms with E-state index in [0.717, 1.165) is 0 Å². The predicted octanol–water partition coefficient (Wildman–Crippen LogP) is 7.04. The second-order valence-electron chi connectivity index (χ2n) is 16.6. The maximum atomic E-state index is 2.82. The van der Waals surface area contributed by atoms with Gasteiger partial charge in [0.1, 0.15) is 0 Å². The molecule has 0 atom stereocenters. The van der Waals surface area contributed by atoms with Gasteiger partial charge in [-0.15, -0.1) is 0 Å². The second kappa shape index (κ2) is 2.71.